The Balaban J connectivity index is 1.24. The number of carbonyl (C=O) groups is 3. The summed E-state index contributed by atoms with van der Waals surface area (Å²) in [6, 6.07) is -0.323. The van der Waals surface area contributed by atoms with Crippen LogP contribution in [0.15, 0.2) is 12.2 Å². The highest BCUT2D eigenvalue weighted by molar-refractivity contribution is 7.91. The Morgan fingerprint density at radius 3 is 2.21 bits per heavy atom. The summed E-state index contributed by atoms with van der Waals surface area (Å²) >= 11 is 0. The number of alkyl carbamates (subject to hydrolysis) is 1. The van der Waals surface area contributed by atoms with Gasteiger partial charge in [-0.1, -0.05) is 46.8 Å². The van der Waals surface area contributed by atoms with Gasteiger partial charge in [-0.25, -0.2) is 13.2 Å². The van der Waals surface area contributed by atoms with Crippen molar-refractivity contribution in [3.05, 3.63) is 12.2 Å². The predicted molar refractivity (Wildman–Crippen MR) is 227 cm³/mol. The SMILES string of the molecule is C=C(C)[C@@H]1CC[C@]2(NC[C@H]([C@@H](C)NC(=O)OCC)N3CCS(=O)(=O)CC3)CC[C@]3(C)[C@H](CC[C@@H]4[C@@]5(C)CC[C@H](OC(=O)CC(C)(C)C(=O)O)C(C)(C)[C@@H]5CC[C@]43C)[C@@H]12. The highest BCUT2D eigenvalue weighted by Gasteiger charge is 2.71. The second kappa shape index (κ2) is 15.9. The number of allylic oxidation sites excluding steroid dienone is 1. The van der Waals surface area contributed by atoms with Gasteiger partial charge in [0.15, 0.2) is 9.84 Å². The number of aliphatic carboxylic acids is 1. The first-order valence-corrected chi connectivity index (χ1v) is 24.4. The third kappa shape index (κ3) is 7.79. The number of carboxylic acids is 1. The molecule has 0 bridgehead atoms. The maximum atomic E-state index is 13.2. The van der Waals surface area contributed by atoms with Crippen LogP contribution in [0.25, 0.3) is 0 Å². The molecule has 5 aliphatic carbocycles. The number of hydrogen-bond acceptors (Lipinski definition) is 9. The van der Waals surface area contributed by atoms with Gasteiger partial charge in [0.2, 0.25) is 0 Å². The second-order valence-corrected chi connectivity index (χ2v) is 24.1. The molecule has 6 fully saturated rings. The number of amides is 1. The van der Waals surface area contributed by atoms with Crippen LogP contribution >= 0.6 is 0 Å². The quantitative estimate of drug-likeness (QED) is 0.132. The van der Waals surface area contributed by atoms with Gasteiger partial charge in [-0.05, 0) is 145 Å². The van der Waals surface area contributed by atoms with Crippen molar-refractivity contribution >= 4 is 27.9 Å². The standard InChI is InChI=1S/C46H77N3O8S/c1-12-56-40(53)48-30(4)33(49-23-25-58(54,55)26-24-49)28-47-46-20-15-31(29(2)3)38(46)32-13-14-35-43(9)18-17-36(57-37(50)27-41(5,6)39(51)52)42(7,8)34(43)16-19-45(35,11)44(32,10)21-22-46/h30-36,38,47H,2,12-28H2,1,3-11H3,(H,48,53)(H,51,52)/t30-,31+,32-,33-,34+,35-,36+,38-,43+,44-,45-,46+/m1/s1. The van der Waals surface area contributed by atoms with Crippen molar-refractivity contribution in [2.24, 2.45) is 56.7 Å². The van der Waals surface area contributed by atoms with E-state index >= 15 is 0 Å². The average Bonchev–Trinajstić information content (AvgIpc) is 3.50. The number of rotatable bonds is 12. The molecule has 12 heteroatoms. The lowest BCUT2D eigenvalue weighted by Gasteiger charge is -2.73. The third-order valence-corrected chi connectivity index (χ3v) is 19.8. The maximum Gasteiger partial charge on any atom is 0.407 e. The fraction of sp³-hybridized carbons (Fsp3) is 0.891. The number of esters is 1. The van der Waals surface area contributed by atoms with Gasteiger partial charge in [-0.2, -0.15) is 0 Å². The minimum absolute atomic E-state index is 0.0685. The van der Waals surface area contributed by atoms with Gasteiger partial charge in [-0.3, -0.25) is 14.5 Å². The van der Waals surface area contributed by atoms with E-state index in [1.54, 1.807) is 20.8 Å². The minimum atomic E-state index is -3.07. The Hall–Kier alpha value is -2.18. The van der Waals surface area contributed by atoms with Crippen molar-refractivity contribution in [1.29, 1.82) is 0 Å². The molecule has 0 aromatic carbocycles. The molecule has 330 valence electrons. The lowest BCUT2D eigenvalue weighted by molar-refractivity contribution is -0.246. The zero-order valence-corrected chi connectivity index (χ0v) is 38.3. The van der Waals surface area contributed by atoms with E-state index in [-0.39, 0.29) is 63.3 Å². The zero-order chi connectivity index (χ0) is 42.9. The Bertz CT molecular complexity index is 1700. The van der Waals surface area contributed by atoms with E-state index in [0.29, 0.717) is 55.8 Å². The van der Waals surface area contributed by atoms with E-state index in [1.165, 1.54) is 18.4 Å². The molecule has 0 aromatic heterocycles. The van der Waals surface area contributed by atoms with Crippen LogP contribution in [0.1, 0.15) is 140 Å². The molecule has 0 radical (unpaired) electrons. The van der Waals surface area contributed by atoms with Crippen LogP contribution in [0.3, 0.4) is 0 Å². The van der Waals surface area contributed by atoms with Gasteiger partial charge in [0, 0.05) is 42.7 Å². The summed E-state index contributed by atoms with van der Waals surface area (Å²) < 4.78 is 36.4. The molecule has 11 nitrogen and oxygen atoms in total. The summed E-state index contributed by atoms with van der Waals surface area (Å²) in [5.74, 6) is 1.19. The number of hydrogen-bond donors (Lipinski definition) is 3. The molecule has 0 unspecified atom stereocenters. The summed E-state index contributed by atoms with van der Waals surface area (Å²) in [5, 5.41) is 16.9. The number of carbonyl (C=O) groups excluding carboxylic acids is 2. The summed E-state index contributed by atoms with van der Waals surface area (Å²) in [6.07, 6.45) is 9.99. The summed E-state index contributed by atoms with van der Waals surface area (Å²) in [5.41, 5.74) is 0.180. The van der Waals surface area contributed by atoms with E-state index in [1.807, 2.05) is 6.92 Å². The molecule has 3 N–H and O–H groups in total. The number of nitrogens with one attached hydrogen (secondary N) is 2. The molecule has 12 atom stereocenters. The molecule has 1 saturated heterocycles. The Labute approximate surface area is 349 Å². The summed E-state index contributed by atoms with van der Waals surface area (Å²) in [7, 11) is -3.07. The molecule has 1 aliphatic heterocycles. The van der Waals surface area contributed by atoms with Crippen LogP contribution in [0.5, 0.6) is 0 Å². The van der Waals surface area contributed by atoms with E-state index < -0.39 is 33.3 Å². The van der Waals surface area contributed by atoms with Crippen LogP contribution in [0.4, 0.5) is 4.79 Å². The normalized spacial score (nSPS) is 40.4. The van der Waals surface area contributed by atoms with Gasteiger partial charge in [0.05, 0.1) is 29.9 Å². The number of fused-ring (bicyclic) bond motifs is 7. The smallest absolute Gasteiger partial charge is 0.407 e. The van der Waals surface area contributed by atoms with Crippen molar-refractivity contribution in [2.75, 3.05) is 37.7 Å². The fourth-order valence-corrected chi connectivity index (χ4v) is 15.9. The van der Waals surface area contributed by atoms with Crippen molar-refractivity contribution in [2.45, 2.75) is 164 Å². The Morgan fingerprint density at radius 1 is 0.914 bits per heavy atom. The molecule has 1 heterocycles. The van der Waals surface area contributed by atoms with Gasteiger partial charge in [0.25, 0.3) is 0 Å². The third-order valence-electron chi connectivity index (χ3n) is 18.2. The van der Waals surface area contributed by atoms with Crippen molar-refractivity contribution in [3.63, 3.8) is 0 Å². The Morgan fingerprint density at radius 2 is 1.59 bits per heavy atom. The van der Waals surface area contributed by atoms with Crippen molar-refractivity contribution < 1.29 is 37.4 Å². The first-order valence-electron chi connectivity index (χ1n) is 22.6. The molecule has 1 amide bonds. The monoisotopic (exact) mass is 832 g/mol. The average molecular weight is 832 g/mol. The van der Waals surface area contributed by atoms with Crippen molar-refractivity contribution in [3.8, 4) is 0 Å². The maximum absolute atomic E-state index is 13.2. The highest BCUT2D eigenvalue weighted by Crippen LogP contribution is 2.76. The van der Waals surface area contributed by atoms with Gasteiger partial charge >= 0.3 is 18.0 Å². The van der Waals surface area contributed by atoms with Crippen LogP contribution < -0.4 is 10.6 Å². The second-order valence-electron chi connectivity index (χ2n) is 21.8. The molecule has 6 rings (SSSR count). The summed E-state index contributed by atoms with van der Waals surface area (Å²) in [4.78, 5) is 39.9. The number of carboxylic acid groups (broad SMARTS) is 1. The topological polar surface area (TPSA) is 151 Å². The first kappa shape index (κ1) is 45.3. The fourth-order valence-electron chi connectivity index (χ4n) is 14.7. The molecule has 0 spiro atoms. The van der Waals surface area contributed by atoms with Crippen LogP contribution in [-0.4, -0.2) is 97.9 Å². The van der Waals surface area contributed by atoms with Gasteiger partial charge in [0.1, 0.15) is 6.10 Å². The molecular formula is C46H77N3O8S. The lowest BCUT2D eigenvalue weighted by atomic mass is 9.32. The lowest BCUT2D eigenvalue weighted by Crippen LogP contribution is -2.69. The summed E-state index contributed by atoms with van der Waals surface area (Å²) in [6.45, 7) is 28.1. The molecule has 0 aromatic rings. The van der Waals surface area contributed by atoms with Gasteiger partial charge in [-0.15, -0.1) is 0 Å². The number of ether oxygens (including phenoxy) is 2. The molecular weight excluding hydrogens is 755 g/mol. The molecule has 58 heavy (non-hydrogen) atoms. The minimum Gasteiger partial charge on any atom is -0.481 e. The van der Waals surface area contributed by atoms with E-state index in [9.17, 15) is 27.9 Å². The Kier molecular flexibility index (Phi) is 12.5. The van der Waals surface area contributed by atoms with E-state index in [2.05, 4.69) is 63.7 Å². The number of nitrogens with zero attached hydrogens (tertiary/aromatic N) is 1. The first-order chi connectivity index (χ1) is 26.9. The van der Waals surface area contributed by atoms with Crippen LogP contribution in [0, 0.1) is 56.7 Å². The predicted octanol–water partition coefficient (Wildman–Crippen LogP) is 7.63. The van der Waals surface area contributed by atoms with E-state index in [4.69, 9.17) is 9.47 Å². The molecule has 5 saturated carbocycles. The van der Waals surface area contributed by atoms with Crippen LogP contribution in [0.2, 0.25) is 0 Å². The molecule has 6 aliphatic rings. The number of sulfone groups is 1. The van der Waals surface area contributed by atoms with Crippen LogP contribution in [-0.2, 0) is 28.9 Å². The van der Waals surface area contributed by atoms with E-state index in [0.717, 1.165) is 51.4 Å². The van der Waals surface area contributed by atoms with Gasteiger partial charge < -0.3 is 25.2 Å². The largest absolute Gasteiger partial charge is 0.481 e. The zero-order valence-electron chi connectivity index (χ0n) is 37.5. The van der Waals surface area contributed by atoms with Crippen molar-refractivity contribution in [1.82, 2.24) is 15.5 Å². The highest BCUT2D eigenvalue weighted by atomic mass is 32.2.